The molecule has 0 unspecified atom stereocenters. The first-order valence-electron chi connectivity index (χ1n) is 2.75. The highest BCUT2D eigenvalue weighted by Gasteiger charge is 2.07. The molecule has 0 aliphatic carbocycles. The molecule has 9 heavy (non-hydrogen) atoms. The van der Waals surface area contributed by atoms with Crippen molar-refractivity contribution in [2.45, 2.75) is 6.92 Å². The maximum Gasteiger partial charge on any atom is 0.263 e. The fourth-order valence-corrected chi connectivity index (χ4v) is 1.25. The van der Waals surface area contributed by atoms with Gasteiger partial charge in [0.05, 0.1) is 0 Å². The predicted molar refractivity (Wildman–Crippen MR) is 37.6 cm³/mol. The summed E-state index contributed by atoms with van der Waals surface area (Å²) in [6, 6.07) is 0. The van der Waals surface area contributed by atoms with Crippen LogP contribution in [0.1, 0.15) is 5.01 Å². The van der Waals surface area contributed by atoms with E-state index >= 15 is 0 Å². The number of hydrogen-bond acceptors (Lipinski definition) is 3. The second kappa shape index (κ2) is 2.31. The van der Waals surface area contributed by atoms with E-state index in [-0.39, 0.29) is 0 Å². The Labute approximate surface area is 58.3 Å². The van der Waals surface area contributed by atoms with Crippen LogP contribution in [0.25, 0.3) is 0 Å². The van der Waals surface area contributed by atoms with Crippen LogP contribution in [-0.2, 0) is 7.05 Å². The molecule has 1 aromatic rings. The van der Waals surface area contributed by atoms with Crippen LogP contribution in [0.2, 0.25) is 0 Å². The lowest BCUT2D eigenvalue weighted by atomic mass is 10.8. The molecular formula is C5H10N3S+. The topological polar surface area (TPSA) is 28.8 Å². The van der Waals surface area contributed by atoms with Crippen LogP contribution in [-0.4, -0.2) is 12.1 Å². The Morgan fingerprint density at radius 2 is 2.33 bits per heavy atom. The highest BCUT2D eigenvalue weighted by molar-refractivity contribution is 7.14. The van der Waals surface area contributed by atoms with Crippen LogP contribution in [0.3, 0.4) is 0 Å². The molecule has 0 atom stereocenters. The third-order valence-electron chi connectivity index (χ3n) is 1.15. The van der Waals surface area contributed by atoms with Crippen LogP contribution in [0.5, 0.6) is 0 Å². The van der Waals surface area contributed by atoms with Gasteiger partial charge in [-0.25, -0.2) is 0 Å². The number of rotatable bonds is 1. The van der Waals surface area contributed by atoms with Gasteiger partial charge >= 0.3 is 0 Å². The molecule has 0 aliphatic heterocycles. The fourth-order valence-electron chi connectivity index (χ4n) is 0.534. The third-order valence-corrected chi connectivity index (χ3v) is 2.19. The number of aryl methyl sites for hydroxylation is 2. The monoisotopic (exact) mass is 144 g/mol. The smallest absolute Gasteiger partial charge is 0.263 e. The number of nitrogens with one attached hydrogen (secondary N) is 1. The minimum Gasteiger partial charge on any atom is -0.360 e. The molecule has 1 aromatic heterocycles. The Hall–Kier alpha value is -0.640. The van der Waals surface area contributed by atoms with Crippen molar-refractivity contribution in [3.8, 4) is 0 Å². The molecule has 0 aromatic carbocycles. The summed E-state index contributed by atoms with van der Waals surface area (Å²) in [4.78, 5) is 0. The Balaban J connectivity index is 2.98. The van der Waals surface area contributed by atoms with Crippen LogP contribution < -0.4 is 10.00 Å². The lowest BCUT2D eigenvalue weighted by Gasteiger charge is -1.79. The Morgan fingerprint density at radius 1 is 1.67 bits per heavy atom. The van der Waals surface area contributed by atoms with Crippen LogP contribution in [0, 0.1) is 6.92 Å². The Kier molecular flexibility index (Phi) is 1.66. The van der Waals surface area contributed by atoms with Crippen LogP contribution in [0.15, 0.2) is 0 Å². The summed E-state index contributed by atoms with van der Waals surface area (Å²) in [6.07, 6.45) is 0. The molecule has 50 valence electrons. The third kappa shape index (κ3) is 1.18. The molecule has 0 aliphatic rings. The minimum absolute atomic E-state index is 0.968. The van der Waals surface area contributed by atoms with Gasteiger partial charge in [-0.3, -0.25) is 0 Å². The van der Waals surface area contributed by atoms with Gasteiger partial charge in [0.25, 0.3) is 10.1 Å². The lowest BCUT2D eigenvalue weighted by Crippen LogP contribution is -2.32. The molecule has 0 saturated heterocycles. The first kappa shape index (κ1) is 6.48. The maximum absolute atomic E-state index is 4.15. The zero-order valence-electron chi connectivity index (χ0n) is 5.80. The van der Waals surface area contributed by atoms with Gasteiger partial charge in [-0.2, -0.15) is 0 Å². The van der Waals surface area contributed by atoms with Crippen molar-refractivity contribution in [1.29, 1.82) is 0 Å². The second-order valence-electron chi connectivity index (χ2n) is 1.80. The van der Waals surface area contributed by atoms with Gasteiger partial charge in [0.2, 0.25) is 0 Å². The van der Waals surface area contributed by atoms with E-state index in [0.717, 1.165) is 5.13 Å². The van der Waals surface area contributed by atoms with Crippen molar-refractivity contribution in [3.05, 3.63) is 5.01 Å². The average Bonchev–Trinajstić information content (AvgIpc) is 2.13. The summed E-state index contributed by atoms with van der Waals surface area (Å²) in [5.74, 6) is 0. The molecule has 3 nitrogen and oxygen atoms in total. The van der Waals surface area contributed by atoms with E-state index in [9.17, 15) is 0 Å². The summed E-state index contributed by atoms with van der Waals surface area (Å²) in [5, 5.41) is 9.30. The normalized spacial score (nSPS) is 9.67. The van der Waals surface area contributed by atoms with E-state index in [1.807, 2.05) is 25.7 Å². The van der Waals surface area contributed by atoms with Crippen molar-refractivity contribution in [2.24, 2.45) is 7.05 Å². The van der Waals surface area contributed by atoms with Gasteiger partial charge in [-0.1, -0.05) is 4.68 Å². The maximum atomic E-state index is 4.15. The van der Waals surface area contributed by atoms with Crippen LogP contribution in [0.4, 0.5) is 5.13 Å². The highest BCUT2D eigenvalue weighted by Crippen LogP contribution is 2.09. The van der Waals surface area contributed by atoms with Crippen molar-refractivity contribution in [2.75, 3.05) is 12.4 Å². The summed E-state index contributed by atoms with van der Waals surface area (Å²) in [6.45, 7) is 2.04. The molecule has 0 saturated carbocycles. The second-order valence-corrected chi connectivity index (χ2v) is 2.98. The van der Waals surface area contributed by atoms with E-state index in [1.165, 1.54) is 5.01 Å². The summed E-state index contributed by atoms with van der Waals surface area (Å²) < 4.78 is 1.86. The first-order valence-corrected chi connectivity index (χ1v) is 3.57. The van der Waals surface area contributed by atoms with Crippen molar-refractivity contribution < 1.29 is 4.68 Å². The van der Waals surface area contributed by atoms with Gasteiger partial charge in [0.1, 0.15) is 0 Å². The minimum atomic E-state index is 0.968. The van der Waals surface area contributed by atoms with E-state index in [0.29, 0.717) is 0 Å². The van der Waals surface area contributed by atoms with Gasteiger partial charge in [0.15, 0.2) is 7.05 Å². The lowest BCUT2D eigenvalue weighted by molar-refractivity contribution is -0.729. The van der Waals surface area contributed by atoms with Gasteiger partial charge in [0, 0.05) is 19.1 Å². The van der Waals surface area contributed by atoms with Crippen molar-refractivity contribution in [1.82, 2.24) is 5.10 Å². The molecular weight excluding hydrogens is 134 g/mol. The van der Waals surface area contributed by atoms with E-state index in [4.69, 9.17) is 0 Å². The summed E-state index contributed by atoms with van der Waals surface area (Å²) >= 11 is 1.66. The molecule has 1 heterocycles. The summed E-state index contributed by atoms with van der Waals surface area (Å²) in [5.41, 5.74) is 0. The van der Waals surface area contributed by atoms with Crippen LogP contribution >= 0.6 is 11.3 Å². The number of hydrogen-bond donors (Lipinski definition) is 1. The van der Waals surface area contributed by atoms with Crippen molar-refractivity contribution >= 4 is 16.5 Å². The summed E-state index contributed by atoms with van der Waals surface area (Å²) in [7, 11) is 3.81. The van der Waals surface area contributed by atoms with Gasteiger partial charge in [-0.05, 0) is 11.3 Å². The number of aromatic nitrogens is 2. The zero-order valence-corrected chi connectivity index (χ0v) is 6.62. The molecule has 0 amide bonds. The Morgan fingerprint density at radius 3 is 2.56 bits per heavy atom. The molecule has 0 spiro atoms. The largest absolute Gasteiger partial charge is 0.360 e. The molecule has 1 rings (SSSR count). The Bertz CT molecular complexity index is 186. The first-order chi connectivity index (χ1) is 4.24. The van der Waals surface area contributed by atoms with E-state index in [1.54, 1.807) is 11.3 Å². The SMILES string of the molecule is CNc1n[n+](C)c(C)s1. The molecule has 0 fully saturated rings. The van der Waals surface area contributed by atoms with Gasteiger partial charge < -0.3 is 5.32 Å². The highest BCUT2D eigenvalue weighted by atomic mass is 32.1. The predicted octanol–water partition coefficient (Wildman–Crippen LogP) is 0.318. The molecule has 0 radical (unpaired) electrons. The molecule has 1 N–H and O–H groups in total. The zero-order chi connectivity index (χ0) is 6.85. The standard InChI is InChI=1S/C5H10N3S/c1-4-8(3)7-5(6-2)9-4/h1-3H3,(H,6,7)/q+1. The quantitative estimate of drug-likeness (QED) is 0.575. The molecule has 0 bridgehead atoms. The number of anilines is 1. The van der Waals surface area contributed by atoms with Gasteiger partial charge in [-0.15, -0.1) is 0 Å². The number of nitrogens with zero attached hydrogens (tertiary/aromatic N) is 2. The van der Waals surface area contributed by atoms with E-state index in [2.05, 4.69) is 10.4 Å². The van der Waals surface area contributed by atoms with Crippen molar-refractivity contribution in [3.63, 3.8) is 0 Å². The average molecular weight is 144 g/mol. The van der Waals surface area contributed by atoms with E-state index < -0.39 is 0 Å². The fraction of sp³-hybridized carbons (Fsp3) is 0.600. The molecule has 4 heteroatoms.